The normalized spacial score (nSPS) is 12.6. The minimum Gasteiger partial charge on any atom is -0.316 e. The van der Waals surface area contributed by atoms with E-state index in [-0.39, 0.29) is 0 Å². The Bertz CT molecular complexity index is 581. The van der Waals surface area contributed by atoms with Crippen LogP contribution in [0.1, 0.15) is 47.8 Å². The number of aromatic nitrogens is 2. The van der Waals surface area contributed by atoms with Crippen molar-refractivity contribution in [2.75, 3.05) is 13.1 Å². The summed E-state index contributed by atoms with van der Waals surface area (Å²) in [5.41, 5.74) is 6.38. The van der Waals surface area contributed by atoms with Crippen molar-refractivity contribution >= 4 is 0 Å². The summed E-state index contributed by atoms with van der Waals surface area (Å²) in [6, 6.07) is 8.94. The lowest BCUT2D eigenvalue weighted by molar-refractivity contribution is 0.633. The molecule has 1 unspecified atom stereocenters. The van der Waals surface area contributed by atoms with E-state index in [4.69, 9.17) is 0 Å². The van der Waals surface area contributed by atoms with E-state index in [1.807, 2.05) is 0 Å². The molecule has 0 fully saturated rings. The van der Waals surface area contributed by atoms with Gasteiger partial charge in [0.2, 0.25) is 0 Å². The van der Waals surface area contributed by atoms with E-state index in [1.54, 1.807) is 0 Å². The summed E-state index contributed by atoms with van der Waals surface area (Å²) in [7, 11) is 0. The Kier molecular flexibility index (Phi) is 5.18. The molecule has 0 spiro atoms. The molecular weight excluding hydrogens is 258 g/mol. The zero-order valence-electron chi connectivity index (χ0n) is 13.9. The SMILES string of the molecule is CCNCC(C)c1ccc(Cn2nc(C)c(C)c2C)cc1. The van der Waals surface area contributed by atoms with Crippen LogP contribution in [0.2, 0.25) is 0 Å². The lowest BCUT2D eigenvalue weighted by atomic mass is 10.00. The van der Waals surface area contributed by atoms with Gasteiger partial charge in [-0.2, -0.15) is 5.10 Å². The maximum absolute atomic E-state index is 4.61. The summed E-state index contributed by atoms with van der Waals surface area (Å²) >= 11 is 0. The van der Waals surface area contributed by atoms with Gasteiger partial charge in [0.25, 0.3) is 0 Å². The smallest absolute Gasteiger partial charge is 0.0662 e. The molecule has 2 rings (SSSR count). The number of benzene rings is 1. The first-order valence-corrected chi connectivity index (χ1v) is 7.83. The fourth-order valence-corrected chi connectivity index (χ4v) is 2.54. The molecule has 0 aliphatic rings. The van der Waals surface area contributed by atoms with Crippen LogP contribution in [0.25, 0.3) is 0 Å². The van der Waals surface area contributed by atoms with Gasteiger partial charge < -0.3 is 5.32 Å². The summed E-state index contributed by atoms with van der Waals surface area (Å²) in [5, 5.41) is 8.01. The van der Waals surface area contributed by atoms with E-state index in [9.17, 15) is 0 Å². The Morgan fingerprint density at radius 1 is 1.14 bits per heavy atom. The highest BCUT2D eigenvalue weighted by molar-refractivity contribution is 5.27. The van der Waals surface area contributed by atoms with Crippen molar-refractivity contribution in [3.05, 3.63) is 52.3 Å². The first kappa shape index (κ1) is 15.8. The zero-order chi connectivity index (χ0) is 15.4. The highest BCUT2D eigenvalue weighted by Gasteiger charge is 2.08. The van der Waals surface area contributed by atoms with E-state index in [0.29, 0.717) is 5.92 Å². The standard InChI is InChI=1S/C18H27N3/c1-6-19-11-13(2)18-9-7-17(8-10-18)12-21-16(5)14(3)15(4)20-21/h7-10,13,19H,6,11-12H2,1-5H3. The summed E-state index contributed by atoms with van der Waals surface area (Å²) in [6.45, 7) is 13.7. The van der Waals surface area contributed by atoms with Gasteiger partial charge in [-0.1, -0.05) is 38.1 Å². The molecule has 1 aromatic heterocycles. The van der Waals surface area contributed by atoms with Gasteiger partial charge >= 0.3 is 0 Å². The Morgan fingerprint density at radius 2 is 1.81 bits per heavy atom. The van der Waals surface area contributed by atoms with Crippen molar-refractivity contribution in [2.24, 2.45) is 0 Å². The van der Waals surface area contributed by atoms with Crippen LogP contribution in [0.5, 0.6) is 0 Å². The lowest BCUT2D eigenvalue weighted by Crippen LogP contribution is -2.19. The second kappa shape index (κ2) is 6.90. The fourth-order valence-electron chi connectivity index (χ4n) is 2.54. The molecule has 1 N–H and O–H groups in total. The number of nitrogens with one attached hydrogen (secondary N) is 1. The highest BCUT2D eigenvalue weighted by Crippen LogP contribution is 2.17. The van der Waals surface area contributed by atoms with Crippen LogP contribution in [0, 0.1) is 20.8 Å². The number of likely N-dealkylation sites (N-methyl/N-ethyl adjacent to an activating group) is 1. The van der Waals surface area contributed by atoms with Gasteiger partial charge in [0, 0.05) is 12.2 Å². The lowest BCUT2D eigenvalue weighted by Gasteiger charge is -2.13. The van der Waals surface area contributed by atoms with Crippen LogP contribution in [0.3, 0.4) is 0 Å². The quantitative estimate of drug-likeness (QED) is 0.879. The number of aryl methyl sites for hydroxylation is 1. The maximum atomic E-state index is 4.61. The van der Waals surface area contributed by atoms with Gasteiger partial charge in [0.05, 0.1) is 12.2 Å². The van der Waals surface area contributed by atoms with Gasteiger partial charge in [-0.05, 0) is 49.9 Å². The second-order valence-electron chi connectivity index (χ2n) is 5.90. The van der Waals surface area contributed by atoms with Gasteiger partial charge in [-0.3, -0.25) is 4.68 Å². The van der Waals surface area contributed by atoms with Gasteiger partial charge in [-0.15, -0.1) is 0 Å². The average molecular weight is 285 g/mol. The summed E-state index contributed by atoms with van der Waals surface area (Å²) < 4.78 is 2.10. The number of rotatable bonds is 6. The largest absolute Gasteiger partial charge is 0.316 e. The van der Waals surface area contributed by atoms with Crippen molar-refractivity contribution in [2.45, 2.75) is 47.1 Å². The molecule has 0 aliphatic heterocycles. The molecule has 21 heavy (non-hydrogen) atoms. The second-order valence-corrected chi connectivity index (χ2v) is 5.90. The third-order valence-corrected chi connectivity index (χ3v) is 4.32. The van der Waals surface area contributed by atoms with Crippen LogP contribution in [-0.2, 0) is 6.54 Å². The Balaban J connectivity index is 2.07. The Hall–Kier alpha value is -1.61. The summed E-state index contributed by atoms with van der Waals surface area (Å²) in [4.78, 5) is 0. The first-order valence-electron chi connectivity index (χ1n) is 7.83. The van der Waals surface area contributed by atoms with Crippen molar-refractivity contribution in [1.82, 2.24) is 15.1 Å². The molecule has 0 amide bonds. The molecular formula is C18H27N3. The molecule has 1 aromatic carbocycles. The van der Waals surface area contributed by atoms with E-state index in [0.717, 1.165) is 25.3 Å². The number of hydrogen-bond acceptors (Lipinski definition) is 2. The third kappa shape index (κ3) is 3.73. The summed E-state index contributed by atoms with van der Waals surface area (Å²) in [6.07, 6.45) is 0. The minimum absolute atomic E-state index is 0.551. The van der Waals surface area contributed by atoms with Crippen molar-refractivity contribution in [3.63, 3.8) is 0 Å². The average Bonchev–Trinajstić information content (AvgIpc) is 2.73. The van der Waals surface area contributed by atoms with Crippen molar-refractivity contribution < 1.29 is 0 Å². The predicted octanol–water partition coefficient (Wildman–Crippen LogP) is 3.57. The molecule has 0 saturated carbocycles. The van der Waals surface area contributed by atoms with Crippen LogP contribution in [-0.4, -0.2) is 22.9 Å². The van der Waals surface area contributed by atoms with Gasteiger partial charge in [0.1, 0.15) is 0 Å². The molecule has 1 heterocycles. The van der Waals surface area contributed by atoms with E-state index in [2.05, 4.69) is 74.0 Å². The fraction of sp³-hybridized carbons (Fsp3) is 0.500. The molecule has 114 valence electrons. The molecule has 1 atom stereocenters. The topological polar surface area (TPSA) is 29.9 Å². The van der Waals surface area contributed by atoms with Crippen LogP contribution >= 0.6 is 0 Å². The molecule has 0 bridgehead atoms. The monoisotopic (exact) mass is 285 g/mol. The zero-order valence-corrected chi connectivity index (χ0v) is 13.9. The number of nitrogens with zero attached hydrogens (tertiary/aromatic N) is 2. The number of hydrogen-bond donors (Lipinski definition) is 1. The van der Waals surface area contributed by atoms with Crippen molar-refractivity contribution in [3.8, 4) is 0 Å². The molecule has 0 aliphatic carbocycles. The van der Waals surface area contributed by atoms with Crippen LogP contribution in [0.15, 0.2) is 24.3 Å². The van der Waals surface area contributed by atoms with E-state index in [1.165, 1.54) is 22.4 Å². The molecule has 3 nitrogen and oxygen atoms in total. The molecule has 3 heteroatoms. The molecule has 0 saturated heterocycles. The first-order chi connectivity index (χ1) is 10.0. The predicted molar refractivity (Wildman–Crippen MR) is 88.9 cm³/mol. The molecule has 0 radical (unpaired) electrons. The van der Waals surface area contributed by atoms with Crippen LogP contribution < -0.4 is 5.32 Å². The Labute approximate surface area is 128 Å². The molecule has 2 aromatic rings. The van der Waals surface area contributed by atoms with Gasteiger partial charge in [-0.25, -0.2) is 0 Å². The van der Waals surface area contributed by atoms with Crippen molar-refractivity contribution in [1.29, 1.82) is 0 Å². The third-order valence-electron chi connectivity index (χ3n) is 4.32. The van der Waals surface area contributed by atoms with Gasteiger partial charge in [0.15, 0.2) is 0 Å². The van der Waals surface area contributed by atoms with E-state index < -0.39 is 0 Å². The highest BCUT2D eigenvalue weighted by atomic mass is 15.3. The van der Waals surface area contributed by atoms with E-state index >= 15 is 0 Å². The summed E-state index contributed by atoms with van der Waals surface area (Å²) in [5.74, 6) is 0.551. The van der Waals surface area contributed by atoms with Crippen LogP contribution in [0.4, 0.5) is 0 Å². The minimum atomic E-state index is 0.551. The maximum Gasteiger partial charge on any atom is 0.0662 e. The Morgan fingerprint density at radius 3 is 2.33 bits per heavy atom.